The molecule has 2 unspecified atom stereocenters. The van der Waals surface area contributed by atoms with Gasteiger partial charge >= 0.3 is 0 Å². The maximum absolute atomic E-state index is 12.4. The molecule has 0 aromatic carbocycles. The van der Waals surface area contributed by atoms with Crippen molar-refractivity contribution < 1.29 is 8.42 Å². The van der Waals surface area contributed by atoms with Crippen LogP contribution in [-0.4, -0.2) is 48.0 Å². The smallest absolute Gasteiger partial charge is 0.260 e. The Bertz CT molecular complexity index is 562. The van der Waals surface area contributed by atoms with Crippen LogP contribution in [0.3, 0.4) is 0 Å². The van der Waals surface area contributed by atoms with E-state index in [9.17, 15) is 8.42 Å². The van der Waals surface area contributed by atoms with Crippen LogP contribution in [0.2, 0.25) is 0 Å². The van der Waals surface area contributed by atoms with Gasteiger partial charge in [0.1, 0.15) is 0 Å². The van der Waals surface area contributed by atoms with E-state index in [0.29, 0.717) is 6.04 Å². The molecule has 2 fully saturated rings. The minimum atomic E-state index is -3.60. The van der Waals surface area contributed by atoms with E-state index < -0.39 is 10.0 Å². The van der Waals surface area contributed by atoms with Gasteiger partial charge < -0.3 is 10.3 Å². The van der Waals surface area contributed by atoms with E-state index in [1.165, 1.54) is 10.9 Å². The van der Waals surface area contributed by atoms with E-state index in [1.54, 1.807) is 7.05 Å². The van der Waals surface area contributed by atoms with Gasteiger partial charge in [0.2, 0.25) is 0 Å². The first-order chi connectivity index (χ1) is 8.99. The summed E-state index contributed by atoms with van der Waals surface area (Å²) in [6.45, 7) is 2.05. The fourth-order valence-electron chi connectivity index (χ4n) is 3.24. The Morgan fingerprint density at radius 2 is 2.21 bits per heavy atom. The molecule has 3 rings (SSSR count). The van der Waals surface area contributed by atoms with Crippen molar-refractivity contribution in [3.8, 4) is 0 Å². The number of rotatable bonds is 3. The van der Waals surface area contributed by atoms with Gasteiger partial charge in [0.15, 0.2) is 10.8 Å². The lowest BCUT2D eigenvalue weighted by Crippen LogP contribution is -2.42. The average Bonchev–Trinajstić information content (AvgIpc) is 2.97. The number of aryl methyl sites for hydroxylation is 1. The number of hydrogen-bond donors (Lipinski definition) is 2. The lowest BCUT2D eigenvalue weighted by atomic mass is 10.1. The largest absolute Gasteiger partial charge is 0.381 e. The molecule has 0 bridgehead atoms. The van der Waals surface area contributed by atoms with Crippen molar-refractivity contribution in [2.24, 2.45) is 7.05 Å². The van der Waals surface area contributed by atoms with Crippen molar-refractivity contribution in [1.29, 1.82) is 0 Å². The summed E-state index contributed by atoms with van der Waals surface area (Å²) >= 11 is 0. The first-order valence-electron chi connectivity index (χ1n) is 6.52. The monoisotopic (exact) mass is 285 g/mol. The number of aromatic nitrogens is 2. The maximum Gasteiger partial charge on any atom is 0.260 e. The molecule has 19 heavy (non-hydrogen) atoms. The fourth-order valence-corrected chi connectivity index (χ4v) is 4.78. The number of hydrogen-bond acceptors (Lipinski definition) is 5. The Labute approximate surface area is 112 Å². The molecule has 8 heteroatoms. The molecular formula is C11H19N5O2S. The predicted molar refractivity (Wildman–Crippen MR) is 70.9 cm³/mol. The summed E-state index contributed by atoms with van der Waals surface area (Å²) in [6, 6.07) is 0.325. The van der Waals surface area contributed by atoms with Crippen LogP contribution in [0.1, 0.15) is 19.3 Å². The van der Waals surface area contributed by atoms with E-state index in [-0.39, 0.29) is 16.9 Å². The van der Waals surface area contributed by atoms with Crippen LogP contribution in [0, 0.1) is 0 Å². The molecule has 1 aromatic rings. The molecule has 3 heterocycles. The van der Waals surface area contributed by atoms with E-state index >= 15 is 0 Å². The second-order valence-corrected chi connectivity index (χ2v) is 6.94. The van der Waals surface area contributed by atoms with Crippen LogP contribution >= 0.6 is 0 Å². The van der Waals surface area contributed by atoms with Crippen molar-refractivity contribution in [2.45, 2.75) is 36.4 Å². The third-order valence-corrected chi connectivity index (χ3v) is 5.70. The zero-order valence-corrected chi connectivity index (χ0v) is 11.7. The van der Waals surface area contributed by atoms with Crippen LogP contribution in [0.15, 0.2) is 11.4 Å². The Morgan fingerprint density at radius 1 is 1.42 bits per heavy atom. The van der Waals surface area contributed by atoms with Crippen LogP contribution < -0.4 is 10.5 Å². The third-order valence-electron chi connectivity index (χ3n) is 4.08. The van der Waals surface area contributed by atoms with Gasteiger partial charge in [0, 0.05) is 25.7 Å². The molecule has 3 N–H and O–H groups in total. The number of nitrogens with one attached hydrogen (secondary N) is 1. The molecular weight excluding hydrogens is 266 g/mol. The average molecular weight is 285 g/mol. The molecule has 2 saturated heterocycles. The molecule has 0 aliphatic carbocycles. The van der Waals surface area contributed by atoms with Crippen molar-refractivity contribution in [1.82, 2.24) is 19.2 Å². The first-order valence-corrected chi connectivity index (χ1v) is 8.00. The highest BCUT2D eigenvalue weighted by molar-refractivity contribution is 7.89. The van der Waals surface area contributed by atoms with E-state index in [0.717, 1.165) is 32.4 Å². The quantitative estimate of drug-likeness (QED) is 0.782. The Kier molecular flexibility index (Phi) is 3.03. The summed E-state index contributed by atoms with van der Waals surface area (Å²) in [6.07, 6.45) is 4.49. The van der Waals surface area contributed by atoms with E-state index in [1.807, 2.05) is 0 Å². The van der Waals surface area contributed by atoms with Crippen molar-refractivity contribution in [2.75, 3.05) is 18.8 Å². The molecule has 106 valence electrons. The Morgan fingerprint density at radius 3 is 2.89 bits per heavy atom. The molecule has 0 amide bonds. The summed E-state index contributed by atoms with van der Waals surface area (Å²) < 4.78 is 29.1. The molecule has 2 aliphatic heterocycles. The summed E-state index contributed by atoms with van der Waals surface area (Å²) in [5.74, 6) is 0.0521. The van der Waals surface area contributed by atoms with Crippen LogP contribution in [0.25, 0.3) is 0 Å². The zero-order chi connectivity index (χ0) is 13.6. The Balaban J connectivity index is 1.83. The highest BCUT2D eigenvalue weighted by Gasteiger charge is 2.40. The van der Waals surface area contributed by atoms with Gasteiger partial charge in [0.25, 0.3) is 10.0 Å². The second-order valence-electron chi connectivity index (χ2n) is 5.31. The fraction of sp³-hybridized carbons (Fsp3) is 0.727. The number of sulfonamides is 1. The molecule has 0 saturated carbocycles. The lowest BCUT2D eigenvalue weighted by molar-refractivity contribution is 0.308. The van der Waals surface area contributed by atoms with Gasteiger partial charge in [0.05, 0.1) is 6.33 Å². The standard InChI is InChI=1S/C11H19N5O2S/c1-15-7-13-10(12)11(15)19(17,18)14-8-4-6-16-5-2-3-9(8)16/h7-9,14H,2-6,12H2,1H3. The van der Waals surface area contributed by atoms with Gasteiger partial charge in [-0.15, -0.1) is 0 Å². The van der Waals surface area contributed by atoms with Crippen molar-refractivity contribution in [3.05, 3.63) is 6.33 Å². The molecule has 1 aromatic heterocycles. The summed E-state index contributed by atoms with van der Waals surface area (Å²) in [4.78, 5) is 6.20. The number of nitrogens with two attached hydrogens (primary N) is 1. The van der Waals surface area contributed by atoms with Crippen LogP contribution in [0.5, 0.6) is 0 Å². The third kappa shape index (κ3) is 2.13. The lowest BCUT2D eigenvalue weighted by Gasteiger charge is -2.21. The normalized spacial score (nSPS) is 27.8. The topological polar surface area (TPSA) is 93.2 Å². The summed E-state index contributed by atoms with van der Waals surface area (Å²) in [5.41, 5.74) is 5.65. The highest BCUT2D eigenvalue weighted by atomic mass is 32.2. The highest BCUT2D eigenvalue weighted by Crippen LogP contribution is 2.29. The molecule has 0 radical (unpaired) electrons. The van der Waals surface area contributed by atoms with E-state index in [2.05, 4.69) is 14.6 Å². The summed E-state index contributed by atoms with van der Waals surface area (Å²) in [5, 5.41) is 0.0592. The second kappa shape index (κ2) is 4.46. The predicted octanol–water partition coefficient (Wildman–Crippen LogP) is -0.483. The summed E-state index contributed by atoms with van der Waals surface area (Å²) in [7, 11) is -1.97. The number of anilines is 1. The van der Waals surface area contributed by atoms with E-state index in [4.69, 9.17) is 5.73 Å². The Hall–Kier alpha value is -1.12. The van der Waals surface area contributed by atoms with Crippen LogP contribution in [0.4, 0.5) is 5.82 Å². The van der Waals surface area contributed by atoms with Crippen molar-refractivity contribution in [3.63, 3.8) is 0 Å². The van der Waals surface area contributed by atoms with Gasteiger partial charge in [-0.3, -0.25) is 4.90 Å². The first kappa shape index (κ1) is 12.9. The number of imidazole rings is 1. The zero-order valence-electron chi connectivity index (χ0n) is 10.9. The molecule has 7 nitrogen and oxygen atoms in total. The minimum Gasteiger partial charge on any atom is -0.381 e. The van der Waals surface area contributed by atoms with Gasteiger partial charge in [-0.05, 0) is 25.8 Å². The molecule has 2 atom stereocenters. The molecule has 0 spiro atoms. The minimum absolute atomic E-state index is 0.0122. The van der Waals surface area contributed by atoms with Gasteiger partial charge in [-0.25, -0.2) is 18.1 Å². The number of nitrogens with zero attached hydrogens (tertiary/aromatic N) is 3. The maximum atomic E-state index is 12.4. The van der Waals surface area contributed by atoms with Crippen LogP contribution in [-0.2, 0) is 17.1 Å². The number of fused-ring (bicyclic) bond motifs is 1. The SMILES string of the molecule is Cn1cnc(N)c1S(=O)(=O)NC1CCN2CCCC12. The number of nitrogen functional groups attached to an aromatic ring is 1. The molecule has 2 aliphatic rings. The van der Waals surface area contributed by atoms with Gasteiger partial charge in [-0.1, -0.05) is 0 Å². The van der Waals surface area contributed by atoms with Crippen molar-refractivity contribution >= 4 is 15.8 Å². The van der Waals surface area contributed by atoms with Gasteiger partial charge in [-0.2, -0.15) is 0 Å².